The molecular formula is C14H21O2P. The Balaban J connectivity index is 2.48. The lowest BCUT2D eigenvalue weighted by Gasteiger charge is -2.07. The van der Waals surface area contributed by atoms with E-state index in [1.807, 2.05) is 30.3 Å². The molecule has 0 N–H and O–H groups in total. The van der Waals surface area contributed by atoms with Gasteiger partial charge in [-0.2, -0.15) is 0 Å². The first-order chi connectivity index (χ1) is 8.13. The molecule has 1 rings (SSSR count). The van der Waals surface area contributed by atoms with Gasteiger partial charge in [-0.1, -0.05) is 32.1 Å². The van der Waals surface area contributed by atoms with E-state index in [4.69, 9.17) is 4.52 Å². The van der Waals surface area contributed by atoms with E-state index in [2.05, 4.69) is 20.4 Å². The Morgan fingerprint density at radius 3 is 2.53 bits per heavy atom. The van der Waals surface area contributed by atoms with Crippen molar-refractivity contribution in [3.8, 4) is 0 Å². The lowest BCUT2D eigenvalue weighted by molar-refractivity contribution is 0.306. The van der Waals surface area contributed by atoms with Gasteiger partial charge in [0.1, 0.15) is 0 Å². The third kappa shape index (κ3) is 5.34. The zero-order chi connectivity index (χ0) is 12.7. The maximum atomic E-state index is 11.8. The third-order valence-corrected chi connectivity index (χ3v) is 3.77. The predicted octanol–water partition coefficient (Wildman–Crippen LogP) is 3.58. The van der Waals surface area contributed by atoms with Gasteiger partial charge in [0.25, 0.3) is 0 Å². The Kier molecular flexibility index (Phi) is 6.25. The fraction of sp³-hybridized carbons (Fsp3) is 0.429. The molecule has 0 saturated heterocycles. The first-order valence-corrected chi connectivity index (χ1v) is 7.32. The largest absolute Gasteiger partial charge is 0.327 e. The molecule has 0 bridgehead atoms. The average Bonchev–Trinajstić information content (AvgIpc) is 2.30. The van der Waals surface area contributed by atoms with Gasteiger partial charge in [-0.25, -0.2) is 0 Å². The molecule has 0 aromatic heterocycles. The summed E-state index contributed by atoms with van der Waals surface area (Å²) >= 11 is 0. The van der Waals surface area contributed by atoms with Gasteiger partial charge < -0.3 is 4.52 Å². The smallest absolute Gasteiger partial charge is 0.220 e. The molecule has 17 heavy (non-hydrogen) atoms. The van der Waals surface area contributed by atoms with Gasteiger partial charge in [-0.3, -0.25) is 4.57 Å². The molecule has 0 aliphatic heterocycles. The monoisotopic (exact) mass is 252 g/mol. The summed E-state index contributed by atoms with van der Waals surface area (Å²) in [5.41, 5.74) is 1.18. The van der Waals surface area contributed by atoms with Crippen molar-refractivity contribution in [2.24, 2.45) is 5.92 Å². The van der Waals surface area contributed by atoms with Crippen LogP contribution in [0.15, 0.2) is 36.9 Å². The molecular weight excluding hydrogens is 231 g/mol. The highest BCUT2D eigenvalue weighted by Crippen LogP contribution is 2.22. The van der Waals surface area contributed by atoms with Gasteiger partial charge in [0, 0.05) is 5.30 Å². The molecule has 0 amide bonds. The molecule has 0 aliphatic rings. The Morgan fingerprint density at radius 2 is 2.00 bits per heavy atom. The summed E-state index contributed by atoms with van der Waals surface area (Å²) in [5.74, 6) is 0.583. The summed E-state index contributed by atoms with van der Waals surface area (Å²) in [7, 11) is -2.07. The number of benzene rings is 1. The van der Waals surface area contributed by atoms with E-state index in [1.54, 1.807) is 0 Å². The highest BCUT2D eigenvalue weighted by molar-refractivity contribution is 7.48. The van der Waals surface area contributed by atoms with Crippen molar-refractivity contribution >= 4 is 13.3 Å². The second-order valence-corrected chi connectivity index (χ2v) is 5.95. The van der Waals surface area contributed by atoms with Gasteiger partial charge in [-0.15, -0.1) is 6.58 Å². The van der Waals surface area contributed by atoms with Gasteiger partial charge in [0.05, 0.1) is 6.61 Å². The Bertz CT molecular complexity index is 368. The van der Waals surface area contributed by atoms with Crippen molar-refractivity contribution in [2.75, 3.05) is 6.61 Å². The average molecular weight is 252 g/mol. The van der Waals surface area contributed by atoms with Crippen LogP contribution in [0, 0.1) is 5.92 Å². The number of rotatable bonds is 7. The first kappa shape index (κ1) is 14.2. The standard InChI is InChI=1S/C14H21O2P/c1-4-5-13-6-8-14(9-7-13)17(15)16-11-10-12(2)3/h4,6-9,12,17H,1,5,10-11H2,2-3H3. The minimum Gasteiger partial charge on any atom is -0.327 e. The summed E-state index contributed by atoms with van der Waals surface area (Å²) in [6, 6.07) is 7.72. The van der Waals surface area contributed by atoms with E-state index in [0.29, 0.717) is 12.5 Å². The van der Waals surface area contributed by atoms with Crippen molar-refractivity contribution in [3.05, 3.63) is 42.5 Å². The van der Waals surface area contributed by atoms with Crippen LogP contribution in [0.25, 0.3) is 0 Å². The number of allylic oxidation sites excluding steroid dienone is 1. The zero-order valence-electron chi connectivity index (χ0n) is 10.6. The van der Waals surface area contributed by atoms with Crippen LogP contribution >= 0.6 is 8.03 Å². The summed E-state index contributed by atoms with van der Waals surface area (Å²) in [6.45, 7) is 8.52. The van der Waals surface area contributed by atoms with Gasteiger partial charge in [0.15, 0.2) is 0 Å². The number of hydrogen-bond acceptors (Lipinski definition) is 2. The SMILES string of the molecule is C=CCc1ccc([PH](=O)OCCC(C)C)cc1. The first-order valence-electron chi connectivity index (χ1n) is 6.00. The van der Waals surface area contributed by atoms with Crippen LogP contribution in [0.2, 0.25) is 0 Å². The van der Waals surface area contributed by atoms with Gasteiger partial charge in [0.2, 0.25) is 8.03 Å². The fourth-order valence-corrected chi connectivity index (χ4v) is 2.32. The predicted molar refractivity (Wildman–Crippen MR) is 74.4 cm³/mol. The van der Waals surface area contributed by atoms with Crippen molar-refractivity contribution in [1.82, 2.24) is 0 Å². The topological polar surface area (TPSA) is 26.3 Å². The maximum absolute atomic E-state index is 11.8. The number of hydrogen-bond donors (Lipinski definition) is 0. The normalized spacial score (nSPS) is 12.6. The summed E-state index contributed by atoms with van der Waals surface area (Å²) in [4.78, 5) is 0. The molecule has 0 saturated carbocycles. The van der Waals surface area contributed by atoms with Crippen molar-refractivity contribution in [1.29, 1.82) is 0 Å². The Hall–Kier alpha value is -0.850. The van der Waals surface area contributed by atoms with E-state index < -0.39 is 8.03 Å². The summed E-state index contributed by atoms with van der Waals surface area (Å²) < 4.78 is 17.2. The van der Waals surface area contributed by atoms with Crippen molar-refractivity contribution < 1.29 is 9.09 Å². The second-order valence-electron chi connectivity index (χ2n) is 4.51. The summed E-state index contributed by atoms with van der Waals surface area (Å²) in [6.07, 6.45) is 3.65. The molecule has 0 radical (unpaired) electrons. The van der Waals surface area contributed by atoms with Crippen LogP contribution in [0.5, 0.6) is 0 Å². The van der Waals surface area contributed by atoms with Crippen LogP contribution in [-0.2, 0) is 15.5 Å². The van der Waals surface area contributed by atoms with E-state index in [9.17, 15) is 4.57 Å². The lowest BCUT2D eigenvalue weighted by Crippen LogP contribution is -2.01. The van der Waals surface area contributed by atoms with Gasteiger partial charge >= 0.3 is 0 Å². The minimum absolute atomic E-state index is 0.573. The van der Waals surface area contributed by atoms with Crippen LogP contribution < -0.4 is 5.30 Å². The molecule has 1 atom stereocenters. The fourth-order valence-electron chi connectivity index (χ4n) is 1.41. The van der Waals surface area contributed by atoms with E-state index in [0.717, 1.165) is 18.1 Å². The van der Waals surface area contributed by atoms with E-state index in [-0.39, 0.29) is 0 Å². The van der Waals surface area contributed by atoms with Crippen LogP contribution in [-0.4, -0.2) is 6.61 Å². The van der Waals surface area contributed by atoms with Crippen LogP contribution in [0.3, 0.4) is 0 Å². The lowest BCUT2D eigenvalue weighted by atomic mass is 10.1. The van der Waals surface area contributed by atoms with Crippen molar-refractivity contribution in [3.63, 3.8) is 0 Å². The molecule has 3 heteroatoms. The zero-order valence-corrected chi connectivity index (χ0v) is 11.6. The second kappa shape index (κ2) is 7.47. The third-order valence-electron chi connectivity index (χ3n) is 2.50. The van der Waals surface area contributed by atoms with Crippen molar-refractivity contribution in [2.45, 2.75) is 26.7 Å². The molecule has 2 nitrogen and oxygen atoms in total. The summed E-state index contributed by atoms with van der Waals surface area (Å²) in [5, 5.41) is 0.798. The minimum atomic E-state index is -2.07. The van der Waals surface area contributed by atoms with E-state index in [1.165, 1.54) is 5.56 Å². The van der Waals surface area contributed by atoms with Crippen LogP contribution in [0.1, 0.15) is 25.8 Å². The molecule has 1 aromatic carbocycles. The highest BCUT2D eigenvalue weighted by atomic mass is 31.1. The highest BCUT2D eigenvalue weighted by Gasteiger charge is 2.04. The molecule has 0 spiro atoms. The Morgan fingerprint density at radius 1 is 1.35 bits per heavy atom. The maximum Gasteiger partial charge on any atom is 0.220 e. The molecule has 1 aromatic rings. The quantitative estimate of drug-likeness (QED) is 0.547. The molecule has 0 heterocycles. The molecule has 1 unspecified atom stereocenters. The molecule has 0 aliphatic carbocycles. The van der Waals surface area contributed by atoms with Gasteiger partial charge in [-0.05, 0) is 36.5 Å². The van der Waals surface area contributed by atoms with Crippen LogP contribution in [0.4, 0.5) is 0 Å². The Labute approximate surface area is 105 Å². The molecule has 0 fully saturated rings. The van der Waals surface area contributed by atoms with E-state index >= 15 is 0 Å². The molecule has 94 valence electrons.